The molecule has 0 radical (unpaired) electrons. The Morgan fingerprint density at radius 1 is 1.10 bits per heavy atom. The maximum Gasteiger partial charge on any atom is 0.387 e. The molecule has 0 atom stereocenters. The van der Waals surface area contributed by atoms with Crippen molar-refractivity contribution < 1.29 is 18.3 Å². The molecular weight excluding hydrogens is 394 g/mol. The van der Waals surface area contributed by atoms with Gasteiger partial charge in [-0.15, -0.1) is 0 Å². The number of aliphatic imine (C=N–C) groups is 1. The van der Waals surface area contributed by atoms with Crippen LogP contribution in [0.1, 0.15) is 11.4 Å². The highest BCUT2D eigenvalue weighted by Gasteiger charge is 2.10. The zero-order valence-electron chi connectivity index (χ0n) is 16.5. The van der Waals surface area contributed by atoms with Gasteiger partial charge in [-0.3, -0.25) is 10.1 Å². The van der Waals surface area contributed by atoms with Crippen molar-refractivity contribution in [2.24, 2.45) is 4.99 Å². The summed E-state index contributed by atoms with van der Waals surface area (Å²) in [6, 6.07) is 14.0. The van der Waals surface area contributed by atoms with Crippen LogP contribution in [0.4, 0.5) is 8.78 Å². The Labute approximate surface area is 172 Å². The Balaban J connectivity index is 1.56. The molecule has 2 aromatic carbocycles. The van der Waals surface area contributed by atoms with Crippen LogP contribution in [0.5, 0.6) is 11.5 Å². The zero-order valence-corrected chi connectivity index (χ0v) is 16.5. The summed E-state index contributed by atoms with van der Waals surface area (Å²) in [4.78, 5) is 8.57. The number of ether oxygens (including phenoxy) is 2. The van der Waals surface area contributed by atoms with E-state index in [-0.39, 0.29) is 12.3 Å². The van der Waals surface area contributed by atoms with Gasteiger partial charge >= 0.3 is 6.61 Å². The van der Waals surface area contributed by atoms with Crippen molar-refractivity contribution in [3.63, 3.8) is 0 Å². The second-order valence-corrected chi connectivity index (χ2v) is 6.10. The van der Waals surface area contributed by atoms with Crippen LogP contribution in [0, 0.1) is 0 Å². The van der Waals surface area contributed by atoms with Crippen molar-refractivity contribution in [2.75, 3.05) is 14.2 Å². The molecule has 3 aromatic rings. The van der Waals surface area contributed by atoms with Crippen LogP contribution in [-0.4, -0.2) is 41.9 Å². The summed E-state index contributed by atoms with van der Waals surface area (Å²) in [5.41, 5.74) is 1.44. The Morgan fingerprint density at radius 3 is 2.53 bits per heavy atom. The van der Waals surface area contributed by atoms with Gasteiger partial charge in [0.2, 0.25) is 0 Å². The van der Waals surface area contributed by atoms with E-state index >= 15 is 0 Å². The minimum Gasteiger partial charge on any atom is -0.497 e. The van der Waals surface area contributed by atoms with E-state index in [1.54, 1.807) is 32.4 Å². The normalized spacial score (nSPS) is 11.4. The van der Waals surface area contributed by atoms with E-state index in [2.05, 4.69) is 35.5 Å². The fourth-order valence-corrected chi connectivity index (χ4v) is 2.67. The molecule has 10 heteroatoms. The number of nitrogens with zero attached hydrogens (tertiary/aromatic N) is 3. The number of para-hydroxylation sites is 1. The molecule has 0 unspecified atom stereocenters. The second kappa shape index (κ2) is 10.2. The summed E-state index contributed by atoms with van der Waals surface area (Å²) in [6.07, 6.45) is 0. The van der Waals surface area contributed by atoms with Gasteiger partial charge in [0.25, 0.3) is 0 Å². The highest BCUT2D eigenvalue weighted by Crippen LogP contribution is 2.20. The average molecular weight is 416 g/mol. The summed E-state index contributed by atoms with van der Waals surface area (Å²) in [5, 5.41) is 13.2. The number of benzene rings is 2. The third-order valence-electron chi connectivity index (χ3n) is 4.16. The van der Waals surface area contributed by atoms with Crippen molar-refractivity contribution >= 4 is 5.96 Å². The Hall–Kier alpha value is -3.69. The first-order valence-corrected chi connectivity index (χ1v) is 9.12. The molecule has 3 N–H and O–H groups in total. The van der Waals surface area contributed by atoms with Gasteiger partial charge in [-0.2, -0.15) is 13.9 Å². The third kappa shape index (κ3) is 5.66. The summed E-state index contributed by atoms with van der Waals surface area (Å²) in [5.74, 6) is 2.53. The highest BCUT2D eigenvalue weighted by molar-refractivity contribution is 5.79. The van der Waals surface area contributed by atoms with Crippen molar-refractivity contribution in [3.8, 4) is 22.9 Å². The molecule has 0 bridgehead atoms. The number of aromatic amines is 1. The van der Waals surface area contributed by atoms with E-state index < -0.39 is 6.61 Å². The van der Waals surface area contributed by atoms with Crippen molar-refractivity contribution in [1.82, 2.24) is 25.8 Å². The lowest BCUT2D eigenvalue weighted by atomic mass is 10.2. The first-order chi connectivity index (χ1) is 14.6. The molecule has 0 fully saturated rings. The number of hydrogen-bond donors (Lipinski definition) is 3. The molecule has 1 heterocycles. The predicted octanol–water partition coefficient (Wildman–Crippen LogP) is 2.95. The highest BCUT2D eigenvalue weighted by atomic mass is 19.3. The van der Waals surface area contributed by atoms with Crippen LogP contribution < -0.4 is 20.1 Å². The standard InChI is InChI=1S/C20H22F2N6O2/c1-23-20(24-11-14-5-3-4-6-16(14)30-19(21)22)25-12-17-26-18(28-27-17)13-7-9-15(29-2)10-8-13/h3-10,19H,11-12H2,1-2H3,(H2,23,24,25)(H,26,27,28). The molecule has 0 amide bonds. The summed E-state index contributed by atoms with van der Waals surface area (Å²) in [6.45, 7) is -2.27. The molecule has 8 nitrogen and oxygen atoms in total. The van der Waals surface area contributed by atoms with Gasteiger partial charge in [0.15, 0.2) is 11.8 Å². The predicted molar refractivity (Wildman–Crippen MR) is 108 cm³/mol. The second-order valence-electron chi connectivity index (χ2n) is 6.10. The van der Waals surface area contributed by atoms with Crippen molar-refractivity contribution in [1.29, 1.82) is 0 Å². The average Bonchev–Trinajstić information content (AvgIpc) is 3.23. The van der Waals surface area contributed by atoms with E-state index in [0.717, 1.165) is 11.3 Å². The minimum absolute atomic E-state index is 0.120. The lowest BCUT2D eigenvalue weighted by Gasteiger charge is -2.14. The molecule has 0 aliphatic carbocycles. The SMILES string of the molecule is CN=C(NCc1nc(-c2ccc(OC)cc2)n[nH]1)NCc1ccccc1OC(F)F. The third-order valence-corrected chi connectivity index (χ3v) is 4.16. The first-order valence-electron chi connectivity index (χ1n) is 9.12. The lowest BCUT2D eigenvalue weighted by molar-refractivity contribution is -0.0504. The van der Waals surface area contributed by atoms with E-state index in [4.69, 9.17) is 4.74 Å². The molecule has 0 aliphatic heterocycles. The molecule has 1 aromatic heterocycles. The molecule has 158 valence electrons. The van der Waals surface area contributed by atoms with Crippen LogP contribution >= 0.6 is 0 Å². The van der Waals surface area contributed by atoms with Gasteiger partial charge in [-0.25, -0.2) is 4.98 Å². The lowest BCUT2D eigenvalue weighted by Crippen LogP contribution is -2.36. The number of H-pyrrole nitrogens is 1. The summed E-state index contributed by atoms with van der Waals surface area (Å²) >= 11 is 0. The van der Waals surface area contributed by atoms with Crippen molar-refractivity contribution in [2.45, 2.75) is 19.7 Å². The Morgan fingerprint density at radius 2 is 1.83 bits per heavy atom. The van der Waals surface area contributed by atoms with Crippen LogP contribution in [0.2, 0.25) is 0 Å². The van der Waals surface area contributed by atoms with Crippen LogP contribution in [-0.2, 0) is 13.1 Å². The monoisotopic (exact) mass is 416 g/mol. The van der Waals surface area contributed by atoms with Crippen LogP contribution in [0.15, 0.2) is 53.5 Å². The van der Waals surface area contributed by atoms with Crippen LogP contribution in [0.25, 0.3) is 11.4 Å². The smallest absolute Gasteiger partial charge is 0.387 e. The molecular formula is C20H22F2N6O2. The number of guanidine groups is 1. The van der Waals surface area contributed by atoms with E-state index in [1.807, 2.05) is 24.3 Å². The molecule has 0 saturated heterocycles. The quantitative estimate of drug-likeness (QED) is 0.386. The fourth-order valence-electron chi connectivity index (χ4n) is 2.67. The van der Waals surface area contributed by atoms with Gasteiger partial charge in [0, 0.05) is 24.7 Å². The number of hydrogen-bond acceptors (Lipinski definition) is 5. The van der Waals surface area contributed by atoms with Gasteiger partial charge < -0.3 is 20.1 Å². The number of methoxy groups -OCH3 is 1. The first kappa shape index (κ1) is 21.0. The molecule has 0 aliphatic rings. The van der Waals surface area contributed by atoms with E-state index in [9.17, 15) is 8.78 Å². The minimum atomic E-state index is -2.88. The number of nitrogens with one attached hydrogen (secondary N) is 3. The maximum absolute atomic E-state index is 12.5. The van der Waals surface area contributed by atoms with E-state index in [1.165, 1.54) is 6.07 Å². The fraction of sp³-hybridized carbons (Fsp3) is 0.250. The van der Waals surface area contributed by atoms with Crippen LogP contribution in [0.3, 0.4) is 0 Å². The van der Waals surface area contributed by atoms with Gasteiger partial charge in [0.05, 0.1) is 13.7 Å². The number of aromatic nitrogens is 3. The zero-order chi connectivity index (χ0) is 21.3. The number of alkyl halides is 2. The summed E-state index contributed by atoms with van der Waals surface area (Å²) < 4.78 is 34.8. The molecule has 0 spiro atoms. The van der Waals surface area contributed by atoms with Gasteiger partial charge in [-0.1, -0.05) is 18.2 Å². The van der Waals surface area contributed by atoms with Gasteiger partial charge in [0.1, 0.15) is 17.3 Å². The molecule has 30 heavy (non-hydrogen) atoms. The molecule has 0 saturated carbocycles. The Kier molecular flexibility index (Phi) is 7.14. The number of rotatable bonds is 8. The molecule has 3 rings (SSSR count). The van der Waals surface area contributed by atoms with Gasteiger partial charge in [-0.05, 0) is 30.3 Å². The summed E-state index contributed by atoms with van der Waals surface area (Å²) in [7, 11) is 3.22. The van der Waals surface area contributed by atoms with E-state index in [0.29, 0.717) is 29.7 Å². The topological polar surface area (TPSA) is 96.5 Å². The largest absolute Gasteiger partial charge is 0.497 e. The maximum atomic E-state index is 12.5. The Bertz CT molecular complexity index is 975. The number of halogens is 2. The van der Waals surface area contributed by atoms with Crippen molar-refractivity contribution in [3.05, 3.63) is 59.9 Å².